The van der Waals surface area contributed by atoms with Gasteiger partial charge in [-0.1, -0.05) is 29.3 Å². The van der Waals surface area contributed by atoms with Crippen molar-refractivity contribution in [3.8, 4) is 0 Å². The summed E-state index contributed by atoms with van der Waals surface area (Å²) in [5.74, 6) is 0.641. The fourth-order valence-corrected chi connectivity index (χ4v) is 1.67. The van der Waals surface area contributed by atoms with Gasteiger partial charge in [0.15, 0.2) is 0 Å². The summed E-state index contributed by atoms with van der Waals surface area (Å²) < 4.78 is 5.27. The van der Waals surface area contributed by atoms with E-state index in [0.717, 1.165) is 21.7 Å². The third-order valence-electron chi connectivity index (χ3n) is 2.24. The Hall–Kier alpha value is -1.28. The van der Waals surface area contributed by atoms with Crippen molar-refractivity contribution in [2.75, 3.05) is 14.2 Å². The Morgan fingerprint density at radius 3 is 2.12 bits per heavy atom. The zero-order chi connectivity index (χ0) is 12.1. The van der Waals surface area contributed by atoms with Crippen LogP contribution in [0.4, 0.5) is 0 Å². The second-order valence-corrected chi connectivity index (χ2v) is 4.05. The molecule has 0 radical (unpaired) electrons. The Balaban J connectivity index is 3.25. The van der Waals surface area contributed by atoms with Crippen LogP contribution in [-0.4, -0.2) is 20.1 Å². The van der Waals surface area contributed by atoms with Gasteiger partial charge >= 0.3 is 0 Å². The smallest absolute Gasteiger partial charge is 0.216 e. The molecule has 0 aliphatic rings. The molecule has 0 amide bonds. The Labute approximate surface area is 102 Å². The average Bonchev–Trinajstić information content (AvgIpc) is 2.27. The molecular weight excluding hydrogens is 222 g/mol. The molecule has 86 valence electrons. The highest BCUT2D eigenvalue weighted by Crippen LogP contribution is 2.22. The summed E-state index contributed by atoms with van der Waals surface area (Å²) in [6.45, 7) is 4.07. The second kappa shape index (κ2) is 5.71. The number of halogens is 1. The maximum absolute atomic E-state index is 5.87. The average molecular weight is 238 g/mol. The van der Waals surface area contributed by atoms with Gasteiger partial charge in [-0.15, -0.1) is 0 Å². The Kier molecular flexibility index (Phi) is 4.56. The first-order valence-corrected chi connectivity index (χ1v) is 5.42. The number of aliphatic imine (C=N–C) groups is 1. The van der Waals surface area contributed by atoms with E-state index >= 15 is 0 Å². The molecule has 0 heterocycles. The summed E-state index contributed by atoms with van der Waals surface area (Å²) in [5.41, 5.74) is 3.23. The number of ether oxygens (including phenoxy) is 1. The van der Waals surface area contributed by atoms with E-state index in [-0.39, 0.29) is 0 Å². The van der Waals surface area contributed by atoms with Crippen LogP contribution in [0.25, 0.3) is 5.57 Å². The fraction of sp³-hybridized carbons (Fsp3) is 0.308. The molecule has 1 rings (SSSR count). The van der Waals surface area contributed by atoms with E-state index in [1.54, 1.807) is 14.2 Å². The first-order valence-electron chi connectivity index (χ1n) is 5.04. The van der Waals surface area contributed by atoms with E-state index in [9.17, 15) is 0 Å². The summed E-state index contributed by atoms with van der Waals surface area (Å²) >= 11 is 5.87. The highest BCUT2D eigenvalue weighted by Gasteiger charge is 2.11. The van der Waals surface area contributed by atoms with Crippen molar-refractivity contribution < 1.29 is 4.74 Å². The van der Waals surface area contributed by atoms with Gasteiger partial charge in [-0.05, 0) is 31.5 Å². The molecule has 0 aliphatic carbocycles. The van der Waals surface area contributed by atoms with Crippen LogP contribution >= 0.6 is 11.6 Å². The van der Waals surface area contributed by atoms with Crippen molar-refractivity contribution in [3.05, 3.63) is 40.4 Å². The van der Waals surface area contributed by atoms with Gasteiger partial charge in [-0.3, -0.25) is 4.99 Å². The van der Waals surface area contributed by atoms with Gasteiger partial charge in [0.25, 0.3) is 0 Å². The van der Waals surface area contributed by atoms with Crippen molar-refractivity contribution in [1.29, 1.82) is 0 Å². The van der Waals surface area contributed by atoms with Crippen LogP contribution in [0.2, 0.25) is 5.02 Å². The molecule has 0 spiro atoms. The molecule has 16 heavy (non-hydrogen) atoms. The summed E-state index contributed by atoms with van der Waals surface area (Å²) in [6, 6.07) is 7.66. The van der Waals surface area contributed by atoms with E-state index < -0.39 is 0 Å². The van der Waals surface area contributed by atoms with Crippen LogP contribution < -0.4 is 0 Å². The van der Waals surface area contributed by atoms with Gasteiger partial charge in [-0.25, -0.2) is 0 Å². The standard InChI is InChI=1S/C13H16ClNO/c1-9(2)12(13(15-3)16-4)10-5-7-11(14)8-6-10/h5-8H,1-4H3. The largest absolute Gasteiger partial charge is 0.481 e. The van der Waals surface area contributed by atoms with Crippen molar-refractivity contribution in [2.45, 2.75) is 13.8 Å². The summed E-state index contributed by atoms with van der Waals surface area (Å²) in [6.07, 6.45) is 0. The minimum Gasteiger partial charge on any atom is -0.481 e. The minimum atomic E-state index is 0.641. The third-order valence-corrected chi connectivity index (χ3v) is 2.50. The summed E-state index contributed by atoms with van der Waals surface area (Å²) in [5, 5.41) is 0.726. The molecule has 0 N–H and O–H groups in total. The number of hydrogen-bond acceptors (Lipinski definition) is 2. The van der Waals surface area contributed by atoms with E-state index in [2.05, 4.69) is 4.99 Å². The van der Waals surface area contributed by atoms with Gasteiger partial charge < -0.3 is 4.74 Å². The maximum Gasteiger partial charge on any atom is 0.216 e. The first-order chi connectivity index (χ1) is 7.60. The molecule has 1 aromatic rings. The Morgan fingerprint density at radius 1 is 1.19 bits per heavy atom. The molecule has 2 nitrogen and oxygen atoms in total. The lowest BCUT2D eigenvalue weighted by Gasteiger charge is -2.11. The number of methoxy groups -OCH3 is 1. The number of nitrogens with zero attached hydrogens (tertiary/aromatic N) is 1. The van der Waals surface area contributed by atoms with Gasteiger partial charge in [-0.2, -0.15) is 0 Å². The quantitative estimate of drug-likeness (QED) is 0.566. The van der Waals surface area contributed by atoms with Gasteiger partial charge in [0.2, 0.25) is 5.90 Å². The van der Waals surface area contributed by atoms with Crippen LogP contribution in [0, 0.1) is 0 Å². The molecule has 0 fully saturated rings. The Bertz CT molecular complexity index is 414. The molecule has 0 saturated carbocycles. The maximum atomic E-state index is 5.87. The highest BCUT2D eigenvalue weighted by atomic mass is 35.5. The molecule has 0 atom stereocenters. The predicted octanol–water partition coefficient (Wildman–Crippen LogP) is 3.81. The minimum absolute atomic E-state index is 0.641. The SMILES string of the molecule is CN=C(OC)C(=C(C)C)c1ccc(Cl)cc1. The first kappa shape index (κ1) is 12.8. The van der Waals surface area contributed by atoms with Crippen LogP contribution in [0.3, 0.4) is 0 Å². The van der Waals surface area contributed by atoms with Crippen molar-refractivity contribution >= 4 is 23.1 Å². The molecule has 0 bridgehead atoms. The zero-order valence-electron chi connectivity index (χ0n) is 10.0. The molecule has 0 unspecified atom stereocenters. The zero-order valence-corrected chi connectivity index (χ0v) is 10.8. The number of rotatable bonds is 2. The number of allylic oxidation sites excluding steroid dienone is 1. The van der Waals surface area contributed by atoms with Crippen molar-refractivity contribution in [1.82, 2.24) is 0 Å². The van der Waals surface area contributed by atoms with Crippen LogP contribution in [0.1, 0.15) is 19.4 Å². The lowest BCUT2D eigenvalue weighted by Crippen LogP contribution is -2.06. The fourth-order valence-electron chi connectivity index (χ4n) is 1.55. The lowest BCUT2D eigenvalue weighted by molar-refractivity contribution is 0.408. The topological polar surface area (TPSA) is 21.6 Å². The van der Waals surface area contributed by atoms with Crippen LogP contribution in [0.5, 0.6) is 0 Å². The molecule has 1 aromatic carbocycles. The highest BCUT2D eigenvalue weighted by molar-refractivity contribution is 6.30. The Morgan fingerprint density at radius 2 is 1.75 bits per heavy atom. The van der Waals surface area contributed by atoms with Crippen LogP contribution in [-0.2, 0) is 4.74 Å². The second-order valence-electron chi connectivity index (χ2n) is 3.61. The third kappa shape index (κ3) is 2.86. The summed E-state index contributed by atoms with van der Waals surface area (Å²) in [7, 11) is 3.35. The summed E-state index contributed by atoms with van der Waals surface area (Å²) in [4.78, 5) is 4.13. The van der Waals surface area contributed by atoms with E-state index in [1.165, 1.54) is 0 Å². The normalized spacial score (nSPS) is 11.2. The van der Waals surface area contributed by atoms with E-state index in [1.807, 2.05) is 38.1 Å². The van der Waals surface area contributed by atoms with Gasteiger partial charge in [0.1, 0.15) is 0 Å². The van der Waals surface area contributed by atoms with Gasteiger partial charge in [0.05, 0.1) is 7.11 Å². The van der Waals surface area contributed by atoms with Gasteiger partial charge in [0, 0.05) is 17.6 Å². The molecule has 0 saturated heterocycles. The predicted molar refractivity (Wildman–Crippen MR) is 70.1 cm³/mol. The van der Waals surface area contributed by atoms with Crippen molar-refractivity contribution in [2.24, 2.45) is 4.99 Å². The molecule has 3 heteroatoms. The van der Waals surface area contributed by atoms with E-state index in [0.29, 0.717) is 5.90 Å². The number of benzene rings is 1. The number of hydrogen-bond donors (Lipinski definition) is 0. The van der Waals surface area contributed by atoms with E-state index in [4.69, 9.17) is 16.3 Å². The van der Waals surface area contributed by atoms with Crippen LogP contribution in [0.15, 0.2) is 34.8 Å². The molecule has 0 aromatic heterocycles. The molecule has 0 aliphatic heterocycles. The van der Waals surface area contributed by atoms with Crippen molar-refractivity contribution in [3.63, 3.8) is 0 Å². The lowest BCUT2D eigenvalue weighted by atomic mass is 10.0. The monoisotopic (exact) mass is 237 g/mol. The molecular formula is C13H16ClNO.